The molecule has 5 nitrogen and oxygen atoms in total. The number of aliphatic hydroxyl groups excluding tert-OH is 1. The minimum absolute atomic E-state index is 0.244. The maximum atomic E-state index is 9.52. The molecule has 0 aromatic carbocycles. The summed E-state index contributed by atoms with van der Waals surface area (Å²) in [5, 5.41) is 16.9. The fourth-order valence-electron chi connectivity index (χ4n) is 3.64. The predicted molar refractivity (Wildman–Crippen MR) is 107 cm³/mol. The normalized spacial score (nSPS) is 19.2. The van der Waals surface area contributed by atoms with Crippen LogP contribution >= 0.6 is 22.7 Å². The minimum Gasteiger partial charge on any atom is -0.396 e. The van der Waals surface area contributed by atoms with E-state index in [0.29, 0.717) is 6.04 Å². The summed E-state index contributed by atoms with van der Waals surface area (Å²) in [7, 11) is 0. The third-order valence-corrected chi connectivity index (χ3v) is 6.46. The highest BCUT2D eigenvalue weighted by Crippen LogP contribution is 2.21. The molecule has 0 aliphatic carbocycles. The molecule has 138 valence electrons. The number of hydrogen-bond donors (Lipinski definition) is 1. The maximum absolute atomic E-state index is 9.52. The summed E-state index contributed by atoms with van der Waals surface area (Å²) >= 11 is 3.41. The summed E-state index contributed by atoms with van der Waals surface area (Å²) in [4.78, 5) is 9.46. The Hall–Kier alpha value is -1.51. The molecule has 1 N–H and O–H groups in total. The first-order valence-electron chi connectivity index (χ1n) is 8.98. The monoisotopic (exact) mass is 388 g/mol. The van der Waals surface area contributed by atoms with Gasteiger partial charge >= 0.3 is 0 Å². The summed E-state index contributed by atoms with van der Waals surface area (Å²) in [5.41, 5.74) is 2.65. The van der Waals surface area contributed by atoms with E-state index >= 15 is 0 Å². The van der Waals surface area contributed by atoms with E-state index in [2.05, 4.69) is 54.5 Å². The molecule has 4 rings (SSSR count). The van der Waals surface area contributed by atoms with E-state index in [1.807, 2.05) is 11.6 Å². The van der Waals surface area contributed by atoms with Crippen molar-refractivity contribution in [3.63, 3.8) is 0 Å². The molecule has 0 spiro atoms. The van der Waals surface area contributed by atoms with Crippen LogP contribution in [0.3, 0.4) is 0 Å². The fourth-order valence-corrected chi connectivity index (χ4v) is 4.96. The van der Waals surface area contributed by atoms with Crippen molar-refractivity contribution >= 4 is 22.7 Å². The van der Waals surface area contributed by atoms with E-state index in [1.165, 1.54) is 11.3 Å². The Balaban J connectivity index is 1.42. The molecule has 1 unspecified atom stereocenters. The third-order valence-electron chi connectivity index (χ3n) is 4.96. The lowest BCUT2D eigenvalue weighted by Crippen LogP contribution is -2.52. The van der Waals surface area contributed by atoms with Gasteiger partial charge in [-0.05, 0) is 40.9 Å². The molecule has 1 fully saturated rings. The molecule has 0 amide bonds. The van der Waals surface area contributed by atoms with Gasteiger partial charge in [-0.1, -0.05) is 0 Å². The molecule has 1 saturated heterocycles. The number of hydrogen-bond acceptors (Lipinski definition) is 6. The standard InChI is InChI=1S/C19H24N4OS2/c24-9-3-17-13-21(7-8-22(17)12-16-4-10-25-15-16)14-18-2-1-6-23(18)19-20-5-11-26-19/h1-2,4-6,10-11,15,17,24H,3,7-9,12-14H2. The van der Waals surface area contributed by atoms with Gasteiger partial charge in [-0.3, -0.25) is 14.4 Å². The number of aliphatic hydroxyl groups is 1. The number of rotatable bonds is 7. The lowest BCUT2D eigenvalue weighted by Gasteiger charge is -2.41. The van der Waals surface area contributed by atoms with E-state index in [4.69, 9.17) is 0 Å². The van der Waals surface area contributed by atoms with Crippen LogP contribution in [0.1, 0.15) is 17.7 Å². The van der Waals surface area contributed by atoms with Gasteiger partial charge in [-0.2, -0.15) is 11.3 Å². The molecule has 3 aromatic rings. The quantitative estimate of drug-likeness (QED) is 0.676. The molecular weight excluding hydrogens is 364 g/mol. The Labute approximate surface area is 162 Å². The van der Waals surface area contributed by atoms with Crippen molar-refractivity contribution < 1.29 is 5.11 Å². The average Bonchev–Trinajstić information content (AvgIpc) is 3.39. The first kappa shape index (κ1) is 17.9. The Bertz CT molecular complexity index is 784. The van der Waals surface area contributed by atoms with Crippen molar-refractivity contribution in [1.29, 1.82) is 0 Å². The molecule has 7 heteroatoms. The van der Waals surface area contributed by atoms with Crippen molar-refractivity contribution in [2.24, 2.45) is 0 Å². The Morgan fingerprint density at radius 1 is 1.19 bits per heavy atom. The largest absolute Gasteiger partial charge is 0.396 e. The minimum atomic E-state index is 0.244. The zero-order chi connectivity index (χ0) is 17.8. The van der Waals surface area contributed by atoms with Gasteiger partial charge in [0.1, 0.15) is 0 Å². The number of nitrogens with zero attached hydrogens (tertiary/aromatic N) is 4. The lowest BCUT2D eigenvalue weighted by molar-refractivity contribution is 0.0493. The first-order chi connectivity index (χ1) is 12.8. The molecule has 1 atom stereocenters. The van der Waals surface area contributed by atoms with Gasteiger partial charge in [0.05, 0.1) is 0 Å². The van der Waals surface area contributed by atoms with Crippen LogP contribution in [-0.2, 0) is 13.1 Å². The second-order valence-electron chi connectivity index (χ2n) is 6.69. The van der Waals surface area contributed by atoms with Crippen LogP contribution in [-0.4, -0.2) is 56.7 Å². The van der Waals surface area contributed by atoms with Gasteiger partial charge in [-0.25, -0.2) is 4.98 Å². The van der Waals surface area contributed by atoms with Gasteiger partial charge in [0.15, 0.2) is 5.13 Å². The van der Waals surface area contributed by atoms with Crippen LogP contribution in [0.2, 0.25) is 0 Å². The zero-order valence-electron chi connectivity index (χ0n) is 14.7. The SMILES string of the molecule is OCCC1CN(Cc2cccn2-c2nccs2)CCN1Cc1ccsc1. The highest BCUT2D eigenvalue weighted by molar-refractivity contribution is 7.12. The summed E-state index contributed by atoms with van der Waals surface area (Å²) in [5.74, 6) is 0. The van der Waals surface area contributed by atoms with Crippen LogP contribution in [0, 0.1) is 0 Å². The van der Waals surface area contributed by atoms with Gasteiger partial charge < -0.3 is 5.11 Å². The summed E-state index contributed by atoms with van der Waals surface area (Å²) in [6.07, 6.45) is 4.77. The van der Waals surface area contributed by atoms with E-state index in [0.717, 1.165) is 44.3 Å². The third kappa shape index (κ3) is 4.07. The van der Waals surface area contributed by atoms with Crippen LogP contribution in [0.25, 0.3) is 5.13 Å². The molecule has 0 bridgehead atoms. The van der Waals surface area contributed by atoms with Gasteiger partial charge in [0, 0.05) is 68.8 Å². The predicted octanol–water partition coefficient (Wildman–Crippen LogP) is 3.06. The van der Waals surface area contributed by atoms with E-state index in [1.54, 1.807) is 22.7 Å². The van der Waals surface area contributed by atoms with Gasteiger partial charge in [0.25, 0.3) is 0 Å². The zero-order valence-corrected chi connectivity index (χ0v) is 16.3. The van der Waals surface area contributed by atoms with Crippen LogP contribution in [0.15, 0.2) is 46.7 Å². The molecular formula is C19H24N4OS2. The Kier molecular flexibility index (Phi) is 5.81. The number of aromatic nitrogens is 2. The topological polar surface area (TPSA) is 44.5 Å². The van der Waals surface area contributed by atoms with Crippen molar-refractivity contribution in [2.45, 2.75) is 25.6 Å². The Morgan fingerprint density at radius 2 is 2.15 bits per heavy atom. The second-order valence-corrected chi connectivity index (χ2v) is 8.34. The number of thiazole rings is 1. The first-order valence-corrected chi connectivity index (χ1v) is 10.8. The molecule has 1 aliphatic heterocycles. The van der Waals surface area contributed by atoms with Crippen molar-refractivity contribution in [3.05, 3.63) is 58.0 Å². The molecule has 3 aromatic heterocycles. The van der Waals surface area contributed by atoms with Gasteiger partial charge in [-0.15, -0.1) is 11.3 Å². The lowest BCUT2D eigenvalue weighted by atomic mass is 10.1. The average molecular weight is 389 g/mol. The van der Waals surface area contributed by atoms with Crippen LogP contribution in [0.5, 0.6) is 0 Å². The molecule has 26 heavy (non-hydrogen) atoms. The van der Waals surface area contributed by atoms with Crippen molar-refractivity contribution in [3.8, 4) is 5.13 Å². The van der Waals surface area contributed by atoms with E-state index in [-0.39, 0.29) is 6.61 Å². The Morgan fingerprint density at radius 3 is 2.92 bits per heavy atom. The smallest absolute Gasteiger partial charge is 0.193 e. The number of thiophene rings is 1. The molecule has 0 saturated carbocycles. The summed E-state index contributed by atoms with van der Waals surface area (Å²) < 4.78 is 2.18. The van der Waals surface area contributed by atoms with E-state index < -0.39 is 0 Å². The highest BCUT2D eigenvalue weighted by Gasteiger charge is 2.27. The van der Waals surface area contributed by atoms with Crippen molar-refractivity contribution in [2.75, 3.05) is 26.2 Å². The van der Waals surface area contributed by atoms with Crippen LogP contribution < -0.4 is 0 Å². The number of piperazine rings is 1. The summed E-state index contributed by atoms with van der Waals surface area (Å²) in [6.45, 7) is 5.23. The van der Waals surface area contributed by atoms with Crippen molar-refractivity contribution in [1.82, 2.24) is 19.4 Å². The summed E-state index contributed by atoms with van der Waals surface area (Å²) in [6, 6.07) is 6.88. The molecule has 1 aliphatic rings. The molecule has 0 radical (unpaired) electrons. The van der Waals surface area contributed by atoms with Crippen LogP contribution in [0.4, 0.5) is 0 Å². The van der Waals surface area contributed by atoms with E-state index in [9.17, 15) is 5.11 Å². The molecule has 4 heterocycles. The van der Waals surface area contributed by atoms with Gasteiger partial charge in [0.2, 0.25) is 0 Å². The maximum Gasteiger partial charge on any atom is 0.193 e. The second kappa shape index (κ2) is 8.45. The fraction of sp³-hybridized carbons (Fsp3) is 0.421. The highest BCUT2D eigenvalue weighted by atomic mass is 32.1.